The molecule has 2 N–H and O–H groups in total. The van der Waals surface area contributed by atoms with Crippen molar-refractivity contribution in [3.63, 3.8) is 0 Å². The molecule has 0 aliphatic carbocycles. The van der Waals surface area contributed by atoms with E-state index in [1.54, 1.807) is 17.9 Å². The molecule has 1 rings (SSSR count). The van der Waals surface area contributed by atoms with Crippen LogP contribution in [0.5, 0.6) is 0 Å². The SMILES string of the molecule is Cc1cc(N(CCO)CCO)c(C#N)c(C)n1. The van der Waals surface area contributed by atoms with Gasteiger partial charge in [-0.3, -0.25) is 4.98 Å². The second-order valence-corrected chi connectivity index (χ2v) is 3.79. The van der Waals surface area contributed by atoms with Gasteiger partial charge in [0.2, 0.25) is 0 Å². The van der Waals surface area contributed by atoms with Gasteiger partial charge in [-0.05, 0) is 19.9 Å². The number of rotatable bonds is 5. The molecule has 1 heterocycles. The quantitative estimate of drug-likeness (QED) is 0.770. The Labute approximate surface area is 101 Å². The monoisotopic (exact) mass is 235 g/mol. The van der Waals surface area contributed by atoms with Crippen LogP contribution in [0.15, 0.2) is 6.07 Å². The van der Waals surface area contributed by atoms with Crippen LogP contribution in [0.1, 0.15) is 17.0 Å². The Kier molecular flexibility index (Phi) is 4.88. The largest absolute Gasteiger partial charge is 0.395 e. The Morgan fingerprint density at radius 3 is 2.35 bits per heavy atom. The molecule has 0 saturated heterocycles. The lowest BCUT2D eigenvalue weighted by atomic mass is 10.1. The molecule has 0 aromatic carbocycles. The molecule has 1 aromatic rings. The van der Waals surface area contributed by atoms with Gasteiger partial charge in [0.25, 0.3) is 0 Å². The van der Waals surface area contributed by atoms with E-state index >= 15 is 0 Å². The lowest BCUT2D eigenvalue weighted by Crippen LogP contribution is -2.30. The van der Waals surface area contributed by atoms with E-state index in [-0.39, 0.29) is 13.2 Å². The van der Waals surface area contributed by atoms with Crippen molar-refractivity contribution >= 4 is 5.69 Å². The zero-order chi connectivity index (χ0) is 12.8. The second-order valence-electron chi connectivity index (χ2n) is 3.79. The molecular weight excluding hydrogens is 218 g/mol. The number of nitrogens with zero attached hydrogens (tertiary/aromatic N) is 3. The van der Waals surface area contributed by atoms with Crippen LogP contribution in [0, 0.1) is 25.2 Å². The number of aliphatic hydroxyl groups is 2. The number of aromatic nitrogens is 1. The lowest BCUT2D eigenvalue weighted by molar-refractivity contribution is 0.281. The summed E-state index contributed by atoms with van der Waals surface area (Å²) in [7, 11) is 0. The lowest BCUT2D eigenvalue weighted by Gasteiger charge is -2.24. The van der Waals surface area contributed by atoms with E-state index in [0.717, 1.165) is 11.4 Å². The molecule has 0 fully saturated rings. The summed E-state index contributed by atoms with van der Waals surface area (Å²) in [4.78, 5) is 6.03. The first-order valence-corrected chi connectivity index (χ1v) is 5.49. The summed E-state index contributed by atoms with van der Waals surface area (Å²) >= 11 is 0. The van der Waals surface area contributed by atoms with Gasteiger partial charge in [-0.2, -0.15) is 5.26 Å². The zero-order valence-electron chi connectivity index (χ0n) is 10.1. The summed E-state index contributed by atoms with van der Waals surface area (Å²) < 4.78 is 0. The Morgan fingerprint density at radius 2 is 1.88 bits per heavy atom. The minimum atomic E-state index is -0.0225. The maximum atomic E-state index is 9.13. The number of aliphatic hydroxyl groups excluding tert-OH is 2. The van der Waals surface area contributed by atoms with E-state index in [2.05, 4.69) is 11.1 Å². The van der Waals surface area contributed by atoms with Gasteiger partial charge < -0.3 is 15.1 Å². The minimum Gasteiger partial charge on any atom is -0.395 e. The van der Waals surface area contributed by atoms with Crippen molar-refractivity contribution in [2.45, 2.75) is 13.8 Å². The topological polar surface area (TPSA) is 80.4 Å². The molecule has 0 aliphatic heterocycles. The molecule has 5 heteroatoms. The second kappa shape index (κ2) is 6.18. The van der Waals surface area contributed by atoms with Crippen molar-refractivity contribution in [3.05, 3.63) is 23.0 Å². The highest BCUT2D eigenvalue weighted by Crippen LogP contribution is 2.22. The highest BCUT2D eigenvalue weighted by Gasteiger charge is 2.14. The summed E-state index contributed by atoms with van der Waals surface area (Å²) in [5.74, 6) is 0. The Balaban J connectivity index is 3.21. The number of anilines is 1. The Bertz CT molecular complexity index is 420. The maximum absolute atomic E-state index is 9.13. The van der Waals surface area contributed by atoms with Gasteiger partial charge in [0, 0.05) is 18.8 Å². The zero-order valence-corrected chi connectivity index (χ0v) is 10.1. The smallest absolute Gasteiger partial charge is 0.103 e. The number of aryl methyl sites for hydroxylation is 2. The fraction of sp³-hybridized carbons (Fsp3) is 0.500. The molecule has 0 bridgehead atoms. The number of pyridine rings is 1. The van der Waals surface area contributed by atoms with Crippen molar-refractivity contribution in [1.82, 2.24) is 4.98 Å². The van der Waals surface area contributed by atoms with E-state index in [4.69, 9.17) is 15.5 Å². The number of hydrogen-bond acceptors (Lipinski definition) is 5. The van der Waals surface area contributed by atoms with Gasteiger partial charge in [-0.15, -0.1) is 0 Å². The van der Waals surface area contributed by atoms with Gasteiger partial charge in [0.15, 0.2) is 0 Å². The molecule has 5 nitrogen and oxygen atoms in total. The normalized spacial score (nSPS) is 10.1. The van der Waals surface area contributed by atoms with Crippen LogP contribution in [0.4, 0.5) is 5.69 Å². The first kappa shape index (κ1) is 13.4. The summed E-state index contributed by atoms with van der Waals surface area (Å²) in [5, 5.41) is 27.1. The highest BCUT2D eigenvalue weighted by molar-refractivity contribution is 5.61. The van der Waals surface area contributed by atoms with Gasteiger partial charge in [-0.1, -0.05) is 0 Å². The summed E-state index contributed by atoms with van der Waals surface area (Å²) in [6.07, 6.45) is 0. The van der Waals surface area contributed by atoms with Crippen LogP contribution in [-0.2, 0) is 0 Å². The Morgan fingerprint density at radius 1 is 1.29 bits per heavy atom. The molecule has 0 saturated carbocycles. The van der Waals surface area contributed by atoms with Crippen molar-refractivity contribution in [1.29, 1.82) is 5.26 Å². The van der Waals surface area contributed by atoms with Crippen LogP contribution in [0.2, 0.25) is 0 Å². The van der Waals surface area contributed by atoms with E-state index in [1.807, 2.05) is 6.92 Å². The fourth-order valence-corrected chi connectivity index (χ4v) is 1.79. The standard InChI is InChI=1S/C12H17N3O2/c1-9-7-12(11(8-13)10(2)14-9)15(3-5-16)4-6-17/h7,16-17H,3-6H2,1-2H3. The molecule has 0 atom stereocenters. The van der Waals surface area contributed by atoms with Crippen LogP contribution in [0.3, 0.4) is 0 Å². The summed E-state index contributed by atoms with van der Waals surface area (Å²) in [5.41, 5.74) is 2.71. The average molecular weight is 235 g/mol. The van der Waals surface area contributed by atoms with Gasteiger partial charge in [0.05, 0.1) is 30.2 Å². The molecule has 92 valence electrons. The van der Waals surface area contributed by atoms with Crippen molar-refractivity contribution in [3.8, 4) is 6.07 Å². The predicted octanol–water partition coefficient (Wildman–Crippen LogP) is 0.361. The van der Waals surface area contributed by atoms with E-state index in [0.29, 0.717) is 24.3 Å². The minimum absolute atomic E-state index is 0.0225. The molecule has 0 radical (unpaired) electrons. The Hall–Kier alpha value is -1.64. The van der Waals surface area contributed by atoms with Gasteiger partial charge in [0.1, 0.15) is 6.07 Å². The fourth-order valence-electron chi connectivity index (χ4n) is 1.79. The van der Waals surface area contributed by atoms with E-state index in [1.165, 1.54) is 0 Å². The van der Waals surface area contributed by atoms with Gasteiger partial charge in [-0.25, -0.2) is 0 Å². The number of hydrogen-bond donors (Lipinski definition) is 2. The first-order valence-electron chi connectivity index (χ1n) is 5.49. The van der Waals surface area contributed by atoms with Crippen molar-refractivity contribution < 1.29 is 10.2 Å². The van der Waals surface area contributed by atoms with Gasteiger partial charge >= 0.3 is 0 Å². The molecule has 0 amide bonds. The molecule has 0 unspecified atom stereocenters. The summed E-state index contributed by atoms with van der Waals surface area (Å²) in [6.45, 7) is 4.37. The molecule has 1 aromatic heterocycles. The van der Waals surface area contributed by atoms with Crippen LogP contribution in [-0.4, -0.2) is 41.5 Å². The third-order valence-corrected chi connectivity index (χ3v) is 2.50. The molecule has 17 heavy (non-hydrogen) atoms. The number of nitriles is 1. The third-order valence-electron chi connectivity index (χ3n) is 2.50. The highest BCUT2D eigenvalue weighted by atomic mass is 16.3. The maximum Gasteiger partial charge on any atom is 0.103 e. The van der Waals surface area contributed by atoms with Crippen LogP contribution >= 0.6 is 0 Å². The summed E-state index contributed by atoms with van der Waals surface area (Å²) in [6, 6.07) is 3.92. The predicted molar refractivity (Wildman–Crippen MR) is 64.8 cm³/mol. The first-order chi connectivity index (χ1) is 8.13. The molecule has 0 aliphatic rings. The van der Waals surface area contributed by atoms with Crippen molar-refractivity contribution in [2.24, 2.45) is 0 Å². The van der Waals surface area contributed by atoms with E-state index in [9.17, 15) is 0 Å². The average Bonchev–Trinajstić information content (AvgIpc) is 2.28. The van der Waals surface area contributed by atoms with Crippen LogP contribution < -0.4 is 4.90 Å². The van der Waals surface area contributed by atoms with Crippen LogP contribution in [0.25, 0.3) is 0 Å². The third kappa shape index (κ3) is 3.16. The molecular formula is C12H17N3O2. The van der Waals surface area contributed by atoms with E-state index < -0.39 is 0 Å². The molecule has 0 spiro atoms. The van der Waals surface area contributed by atoms with Crippen molar-refractivity contribution in [2.75, 3.05) is 31.2 Å².